The second-order valence-corrected chi connectivity index (χ2v) is 4.33. The molecule has 0 spiro atoms. The molecule has 0 aliphatic rings. The average molecular weight is 279 g/mol. The van der Waals surface area contributed by atoms with E-state index in [1.807, 2.05) is 53.4 Å². The van der Waals surface area contributed by atoms with Crippen molar-refractivity contribution in [2.45, 2.75) is 6.54 Å². The zero-order chi connectivity index (χ0) is 11.4. The van der Waals surface area contributed by atoms with Gasteiger partial charge in [0.15, 0.2) is 0 Å². The van der Waals surface area contributed by atoms with Gasteiger partial charge in [-0.1, -0.05) is 15.9 Å². The molecule has 1 aromatic carbocycles. The highest BCUT2D eigenvalue weighted by atomic mass is 79.9. The summed E-state index contributed by atoms with van der Waals surface area (Å²) in [6.45, 7) is 0.336. The van der Waals surface area contributed by atoms with E-state index >= 15 is 0 Å². The van der Waals surface area contributed by atoms with E-state index in [2.05, 4.69) is 21.2 Å². The highest BCUT2D eigenvalue weighted by molar-refractivity contribution is 9.10. The molecular weight excluding hydrogens is 268 g/mol. The Labute approximate surface area is 102 Å². The van der Waals surface area contributed by atoms with Gasteiger partial charge >= 0.3 is 0 Å². The largest absolute Gasteiger partial charge is 0.345 e. The number of aromatic nitrogens is 1. The second-order valence-electron chi connectivity index (χ2n) is 3.41. The van der Waals surface area contributed by atoms with E-state index in [-0.39, 0.29) is 5.91 Å². The average Bonchev–Trinajstić information content (AvgIpc) is 2.74. The third-order valence-electron chi connectivity index (χ3n) is 2.12. The highest BCUT2D eigenvalue weighted by Crippen LogP contribution is 2.13. The van der Waals surface area contributed by atoms with Crippen molar-refractivity contribution < 1.29 is 4.79 Å². The minimum atomic E-state index is -0.0291. The number of carbonyl (C=O) groups excluding carboxylic acids is 1. The number of benzene rings is 1. The van der Waals surface area contributed by atoms with Gasteiger partial charge in [-0.05, 0) is 36.4 Å². The molecule has 0 aliphatic carbocycles. The van der Waals surface area contributed by atoms with Crippen LogP contribution >= 0.6 is 15.9 Å². The van der Waals surface area contributed by atoms with Crippen LogP contribution in [0.4, 0.5) is 5.69 Å². The normalized spacial score (nSPS) is 10.1. The van der Waals surface area contributed by atoms with E-state index in [0.29, 0.717) is 6.54 Å². The number of hydrogen-bond acceptors (Lipinski definition) is 1. The molecule has 16 heavy (non-hydrogen) atoms. The fourth-order valence-corrected chi connectivity index (χ4v) is 1.64. The molecule has 2 rings (SSSR count). The molecule has 0 atom stereocenters. The summed E-state index contributed by atoms with van der Waals surface area (Å²) in [5.41, 5.74) is 0.806. The molecule has 0 bridgehead atoms. The molecule has 1 heterocycles. The number of nitrogens with one attached hydrogen (secondary N) is 1. The van der Waals surface area contributed by atoms with E-state index in [9.17, 15) is 4.79 Å². The Morgan fingerprint density at radius 2 is 1.81 bits per heavy atom. The van der Waals surface area contributed by atoms with E-state index < -0.39 is 0 Å². The van der Waals surface area contributed by atoms with Gasteiger partial charge in [0.1, 0.15) is 6.54 Å². The van der Waals surface area contributed by atoms with Crippen LogP contribution in [0.25, 0.3) is 0 Å². The van der Waals surface area contributed by atoms with Gasteiger partial charge in [-0.25, -0.2) is 0 Å². The first-order valence-electron chi connectivity index (χ1n) is 4.90. The number of carbonyl (C=O) groups is 1. The lowest BCUT2D eigenvalue weighted by atomic mass is 10.3. The molecule has 1 amide bonds. The predicted octanol–water partition coefficient (Wildman–Crippen LogP) is 2.89. The summed E-state index contributed by atoms with van der Waals surface area (Å²) in [7, 11) is 0. The van der Waals surface area contributed by atoms with Crippen LogP contribution in [-0.4, -0.2) is 10.5 Å². The van der Waals surface area contributed by atoms with Gasteiger partial charge in [-0.3, -0.25) is 4.79 Å². The van der Waals surface area contributed by atoms with Gasteiger partial charge in [0.05, 0.1) is 0 Å². The Balaban J connectivity index is 1.95. The molecule has 82 valence electrons. The zero-order valence-electron chi connectivity index (χ0n) is 8.56. The second kappa shape index (κ2) is 4.99. The van der Waals surface area contributed by atoms with Gasteiger partial charge in [0, 0.05) is 22.6 Å². The van der Waals surface area contributed by atoms with Gasteiger partial charge < -0.3 is 9.88 Å². The fraction of sp³-hybridized carbons (Fsp3) is 0.0833. The van der Waals surface area contributed by atoms with Crippen molar-refractivity contribution in [1.82, 2.24) is 4.57 Å². The SMILES string of the molecule is O=C(Cn1cccc1)Nc1ccc(Br)cc1. The number of rotatable bonds is 3. The molecule has 0 saturated heterocycles. The van der Waals surface area contributed by atoms with Gasteiger partial charge in [-0.2, -0.15) is 0 Å². The van der Waals surface area contributed by atoms with Crippen LogP contribution in [0.5, 0.6) is 0 Å². The topological polar surface area (TPSA) is 34.0 Å². The van der Waals surface area contributed by atoms with Crippen LogP contribution in [0, 0.1) is 0 Å². The van der Waals surface area contributed by atoms with E-state index in [0.717, 1.165) is 10.2 Å². The maximum absolute atomic E-state index is 11.6. The van der Waals surface area contributed by atoms with Crippen LogP contribution < -0.4 is 5.32 Å². The van der Waals surface area contributed by atoms with Crippen LogP contribution in [0.15, 0.2) is 53.3 Å². The maximum atomic E-state index is 11.6. The van der Waals surface area contributed by atoms with Crippen molar-refractivity contribution in [2.24, 2.45) is 0 Å². The van der Waals surface area contributed by atoms with Gasteiger partial charge in [0.2, 0.25) is 5.91 Å². The monoisotopic (exact) mass is 278 g/mol. The van der Waals surface area contributed by atoms with Crippen molar-refractivity contribution in [2.75, 3.05) is 5.32 Å². The van der Waals surface area contributed by atoms with Crippen molar-refractivity contribution >= 4 is 27.5 Å². The van der Waals surface area contributed by atoms with Crippen LogP contribution in [-0.2, 0) is 11.3 Å². The molecular formula is C12H11BrN2O. The Morgan fingerprint density at radius 3 is 2.44 bits per heavy atom. The van der Waals surface area contributed by atoms with Crippen molar-refractivity contribution in [3.05, 3.63) is 53.3 Å². The van der Waals surface area contributed by atoms with Crippen molar-refractivity contribution in [3.63, 3.8) is 0 Å². The van der Waals surface area contributed by atoms with Gasteiger partial charge in [0.25, 0.3) is 0 Å². The first-order valence-corrected chi connectivity index (χ1v) is 5.69. The maximum Gasteiger partial charge on any atom is 0.244 e. The van der Waals surface area contributed by atoms with E-state index in [4.69, 9.17) is 0 Å². The fourth-order valence-electron chi connectivity index (χ4n) is 1.38. The lowest BCUT2D eigenvalue weighted by Gasteiger charge is -2.05. The Hall–Kier alpha value is -1.55. The quantitative estimate of drug-likeness (QED) is 0.921. The summed E-state index contributed by atoms with van der Waals surface area (Å²) in [6, 6.07) is 11.3. The number of nitrogens with zero attached hydrogens (tertiary/aromatic N) is 1. The Bertz CT molecular complexity index is 462. The first-order chi connectivity index (χ1) is 7.74. The van der Waals surface area contributed by atoms with E-state index in [1.165, 1.54) is 0 Å². The summed E-state index contributed by atoms with van der Waals surface area (Å²) in [4.78, 5) is 11.6. The molecule has 4 heteroatoms. The smallest absolute Gasteiger partial charge is 0.244 e. The Morgan fingerprint density at radius 1 is 1.19 bits per heavy atom. The third-order valence-corrected chi connectivity index (χ3v) is 2.65. The van der Waals surface area contributed by atoms with Crippen molar-refractivity contribution in [3.8, 4) is 0 Å². The molecule has 0 unspecified atom stereocenters. The summed E-state index contributed by atoms with van der Waals surface area (Å²) >= 11 is 3.34. The minimum Gasteiger partial charge on any atom is -0.345 e. The standard InChI is InChI=1S/C12H11BrN2O/c13-10-3-5-11(6-4-10)14-12(16)9-15-7-1-2-8-15/h1-8H,9H2,(H,14,16). The summed E-state index contributed by atoms with van der Waals surface area (Å²) < 4.78 is 2.82. The zero-order valence-corrected chi connectivity index (χ0v) is 10.1. The molecule has 1 N–H and O–H groups in total. The summed E-state index contributed by atoms with van der Waals surface area (Å²) in [6.07, 6.45) is 3.72. The summed E-state index contributed by atoms with van der Waals surface area (Å²) in [5, 5.41) is 2.83. The van der Waals surface area contributed by atoms with Crippen LogP contribution in [0.2, 0.25) is 0 Å². The number of anilines is 1. The number of hydrogen-bond donors (Lipinski definition) is 1. The molecule has 0 aliphatic heterocycles. The molecule has 3 nitrogen and oxygen atoms in total. The predicted molar refractivity (Wildman–Crippen MR) is 67.2 cm³/mol. The number of halogens is 1. The minimum absolute atomic E-state index is 0.0291. The van der Waals surface area contributed by atoms with Crippen LogP contribution in [0.1, 0.15) is 0 Å². The molecule has 1 aromatic heterocycles. The highest BCUT2D eigenvalue weighted by Gasteiger charge is 2.02. The summed E-state index contributed by atoms with van der Waals surface area (Å²) in [5.74, 6) is -0.0291. The first kappa shape index (κ1) is 11.0. The number of amides is 1. The molecule has 0 radical (unpaired) electrons. The van der Waals surface area contributed by atoms with Crippen LogP contribution in [0.3, 0.4) is 0 Å². The lowest BCUT2D eigenvalue weighted by Crippen LogP contribution is -2.17. The van der Waals surface area contributed by atoms with Gasteiger partial charge in [-0.15, -0.1) is 0 Å². The molecule has 0 fully saturated rings. The third kappa shape index (κ3) is 2.97. The molecule has 0 saturated carbocycles. The van der Waals surface area contributed by atoms with E-state index in [1.54, 1.807) is 0 Å². The molecule has 2 aromatic rings. The lowest BCUT2D eigenvalue weighted by molar-refractivity contribution is -0.116. The van der Waals surface area contributed by atoms with Crippen molar-refractivity contribution in [1.29, 1.82) is 0 Å². The Kier molecular flexibility index (Phi) is 3.41.